The van der Waals surface area contributed by atoms with Crippen molar-refractivity contribution in [2.75, 3.05) is 13.2 Å². The lowest BCUT2D eigenvalue weighted by Gasteiger charge is -2.13. The van der Waals surface area contributed by atoms with Gasteiger partial charge < -0.3 is 14.2 Å². The van der Waals surface area contributed by atoms with Crippen LogP contribution in [0.15, 0.2) is 34.8 Å². The van der Waals surface area contributed by atoms with E-state index in [0.29, 0.717) is 27.4 Å². The second-order valence-corrected chi connectivity index (χ2v) is 6.37. The van der Waals surface area contributed by atoms with Crippen LogP contribution < -0.4 is 14.2 Å². The van der Waals surface area contributed by atoms with Gasteiger partial charge in [-0.25, -0.2) is 4.79 Å². The number of nitrogens with zero attached hydrogens (tertiary/aromatic N) is 1. The van der Waals surface area contributed by atoms with E-state index in [0.717, 1.165) is 0 Å². The Labute approximate surface area is 163 Å². The van der Waals surface area contributed by atoms with E-state index in [1.807, 2.05) is 6.07 Å². The fourth-order valence-corrected chi connectivity index (χ4v) is 2.85. The summed E-state index contributed by atoms with van der Waals surface area (Å²) in [6.45, 7) is 1.77. The maximum Gasteiger partial charge on any atom is 0.349 e. The van der Waals surface area contributed by atoms with E-state index in [2.05, 4.69) is 15.9 Å². The van der Waals surface area contributed by atoms with Crippen molar-refractivity contribution >= 4 is 45.1 Å². The van der Waals surface area contributed by atoms with E-state index in [-0.39, 0.29) is 23.1 Å². The second kappa shape index (κ2) is 8.95. The Morgan fingerprint density at radius 3 is 2.60 bits per heavy atom. The lowest BCUT2D eigenvalue weighted by atomic mass is 10.2. The first-order chi connectivity index (χ1) is 11.9. The lowest BCUT2D eigenvalue weighted by Crippen LogP contribution is -2.18. The summed E-state index contributed by atoms with van der Waals surface area (Å²) >= 11 is 15.0. The molecule has 0 unspecified atom stereocenters. The molecule has 0 heterocycles. The van der Waals surface area contributed by atoms with E-state index < -0.39 is 5.97 Å². The van der Waals surface area contributed by atoms with Crippen LogP contribution >= 0.6 is 39.1 Å². The third-order valence-corrected chi connectivity index (χ3v) is 4.01. The number of carbonyl (C=O) groups excluding carboxylic acids is 1. The molecule has 0 bridgehead atoms. The maximum atomic E-state index is 12.1. The van der Waals surface area contributed by atoms with Crippen LogP contribution in [0.25, 0.3) is 0 Å². The molecule has 130 valence electrons. The zero-order valence-corrected chi connectivity index (χ0v) is 16.1. The molecule has 25 heavy (non-hydrogen) atoms. The van der Waals surface area contributed by atoms with Crippen molar-refractivity contribution in [2.24, 2.45) is 0 Å². The van der Waals surface area contributed by atoms with E-state index in [9.17, 15) is 4.79 Å². The van der Waals surface area contributed by atoms with Gasteiger partial charge in [-0.1, -0.05) is 23.2 Å². The number of ether oxygens (including phenoxy) is 3. The molecule has 0 amide bonds. The highest BCUT2D eigenvalue weighted by atomic mass is 79.9. The summed E-state index contributed by atoms with van der Waals surface area (Å²) < 4.78 is 16.5. The van der Waals surface area contributed by atoms with Gasteiger partial charge in [0.25, 0.3) is 0 Å². The summed E-state index contributed by atoms with van der Waals surface area (Å²) in [6, 6.07) is 9.69. The minimum atomic E-state index is -0.655. The second-order valence-electron chi connectivity index (χ2n) is 4.67. The average molecular weight is 445 g/mol. The Hall–Kier alpha value is -1.94. The van der Waals surface area contributed by atoms with Gasteiger partial charge in [0.15, 0.2) is 18.1 Å². The van der Waals surface area contributed by atoms with Crippen LogP contribution in [0, 0.1) is 11.3 Å². The molecule has 5 nitrogen and oxygen atoms in total. The van der Waals surface area contributed by atoms with Crippen molar-refractivity contribution in [3.63, 3.8) is 0 Å². The molecule has 0 fully saturated rings. The smallest absolute Gasteiger partial charge is 0.349 e. The Kier molecular flexibility index (Phi) is 6.94. The SMILES string of the molecule is CCOc1cc(C#N)cc(Br)c1OC(=O)COc1ccc(Cl)cc1Cl. The van der Waals surface area contributed by atoms with Crippen LogP contribution in [0.5, 0.6) is 17.2 Å². The minimum absolute atomic E-state index is 0.177. The van der Waals surface area contributed by atoms with Gasteiger partial charge in [0.2, 0.25) is 0 Å². The fourth-order valence-electron chi connectivity index (χ4n) is 1.87. The molecule has 2 aromatic rings. The van der Waals surface area contributed by atoms with Crippen LogP contribution in [-0.4, -0.2) is 19.2 Å². The fraction of sp³-hybridized carbons (Fsp3) is 0.176. The van der Waals surface area contributed by atoms with E-state index in [4.69, 9.17) is 42.7 Å². The molecule has 0 aliphatic heterocycles. The van der Waals surface area contributed by atoms with Crippen molar-refractivity contribution in [2.45, 2.75) is 6.92 Å². The summed E-state index contributed by atoms with van der Waals surface area (Å²) in [5.74, 6) is 0.118. The Morgan fingerprint density at radius 2 is 1.96 bits per heavy atom. The third kappa shape index (κ3) is 5.27. The van der Waals surface area contributed by atoms with Gasteiger partial charge in [-0.05, 0) is 47.1 Å². The standard InChI is InChI=1S/C17H12BrCl2NO4/c1-2-23-15-6-10(8-21)5-12(18)17(15)25-16(22)9-24-14-4-3-11(19)7-13(14)20/h3-7H,2,9H2,1H3. The maximum absolute atomic E-state index is 12.1. The quantitative estimate of drug-likeness (QED) is 0.462. The van der Waals surface area contributed by atoms with Crippen LogP contribution in [0.1, 0.15) is 12.5 Å². The van der Waals surface area contributed by atoms with Crippen LogP contribution in [0.4, 0.5) is 0 Å². The number of hydrogen-bond donors (Lipinski definition) is 0. The van der Waals surface area contributed by atoms with Gasteiger partial charge in [-0.15, -0.1) is 0 Å². The highest BCUT2D eigenvalue weighted by Crippen LogP contribution is 2.37. The molecule has 0 aromatic heterocycles. The molecular formula is C17H12BrCl2NO4. The molecule has 0 aliphatic carbocycles. The predicted molar refractivity (Wildman–Crippen MR) is 97.6 cm³/mol. The summed E-state index contributed by atoms with van der Waals surface area (Å²) in [4.78, 5) is 12.1. The largest absolute Gasteiger partial charge is 0.490 e. The van der Waals surface area contributed by atoms with Crippen molar-refractivity contribution < 1.29 is 19.0 Å². The summed E-state index contributed by atoms with van der Waals surface area (Å²) in [7, 11) is 0. The number of nitriles is 1. The molecule has 0 spiro atoms. The highest BCUT2D eigenvalue weighted by molar-refractivity contribution is 9.10. The number of esters is 1. The van der Waals surface area contributed by atoms with Crippen LogP contribution in [0.2, 0.25) is 10.0 Å². The van der Waals surface area contributed by atoms with Crippen LogP contribution in [0.3, 0.4) is 0 Å². The number of benzene rings is 2. The number of carbonyl (C=O) groups is 1. The van der Waals surface area contributed by atoms with Crippen LogP contribution in [-0.2, 0) is 4.79 Å². The summed E-state index contributed by atoms with van der Waals surface area (Å²) in [5.41, 5.74) is 0.374. The average Bonchev–Trinajstić information content (AvgIpc) is 2.57. The zero-order valence-electron chi connectivity index (χ0n) is 13.0. The molecule has 0 saturated carbocycles. The summed E-state index contributed by atoms with van der Waals surface area (Å²) in [6.07, 6.45) is 0. The topological polar surface area (TPSA) is 68.5 Å². The minimum Gasteiger partial charge on any atom is -0.490 e. The zero-order chi connectivity index (χ0) is 18.4. The molecule has 2 aromatic carbocycles. The Balaban J connectivity index is 2.11. The molecule has 0 N–H and O–H groups in total. The highest BCUT2D eigenvalue weighted by Gasteiger charge is 2.17. The lowest BCUT2D eigenvalue weighted by molar-refractivity contribution is -0.136. The molecule has 0 radical (unpaired) electrons. The normalized spacial score (nSPS) is 10.0. The summed E-state index contributed by atoms with van der Waals surface area (Å²) in [5, 5.41) is 9.76. The molecule has 0 saturated heterocycles. The van der Waals surface area contributed by atoms with Crippen molar-refractivity contribution in [1.82, 2.24) is 0 Å². The van der Waals surface area contributed by atoms with Gasteiger partial charge in [0, 0.05) is 11.1 Å². The third-order valence-electron chi connectivity index (χ3n) is 2.89. The van der Waals surface area contributed by atoms with Gasteiger partial charge >= 0.3 is 5.97 Å². The van der Waals surface area contributed by atoms with Gasteiger partial charge in [0.05, 0.1) is 27.7 Å². The van der Waals surface area contributed by atoms with Gasteiger partial charge in [0.1, 0.15) is 5.75 Å². The van der Waals surface area contributed by atoms with Gasteiger partial charge in [-0.3, -0.25) is 0 Å². The monoisotopic (exact) mass is 443 g/mol. The molecule has 0 atom stereocenters. The molecular weight excluding hydrogens is 433 g/mol. The first kappa shape index (κ1) is 19.4. The molecule has 8 heteroatoms. The number of hydrogen-bond acceptors (Lipinski definition) is 5. The molecule has 0 aliphatic rings. The van der Waals surface area contributed by atoms with Crippen molar-refractivity contribution in [1.29, 1.82) is 5.26 Å². The molecule has 2 rings (SSSR count). The Morgan fingerprint density at radius 1 is 1.20 bits per heavy atom. The van der Waals surface area contributed by atoms with Crippen molar-refractivity contribution in [3.05, 3.63) is 50.4 Å². The van der Waals surface area contributed by atoms with E-state index >= 15 is 0 Å². The van der Waals surface area contributed by atoms with E-state index in [1.165, 1.54) is 18.2 Å². The first-order valence-electron chi connectivity index (χ1n) is 7.09. The predicted octanol–water partition coefficient (Wildman–Crippen LogP) is 5.01. The van der Waals surface area contributed by atoms with E-state index in [1.54, 1.807) is 19.1 Å². The number of halogens is 3. The van der Waals surface area contributed by atoms with Crippen molar-refractivity contribution in [3.8, 4) is 23.3 Å². The Bertz CT molecular complexity index is 836. The first-order valence-corrected chi connectivity index (χ1v) is 8.64. The van der Waals surface area contributed by atoms with Gasteiger partial charge in [-0.2, -0.15) is 5.26 Å². The number of rotatable bonds is 6.